The van der Waals surface area contributed by atoms with Gasteiger partial charge in [-0.1, -0.05) is 0 Å². The number of rotatable bonds is 6. The van der Waals surface area contributed by atoms with Gasteiger partial charge in [0.05, 0.1) is 18.6 Å². The van der Waals surface area contributed by atoms with Crippen LogP contribution in [0, 0.1) is 0 Å². The number of anilines is 1. The molecular formula is C11H16BrNO3S. The Morgan fingerprint density at radius 1 is 1.41 bits per heavy atom. The molecule has 0 amide bonds. The van der Waals surface area contributed by atoms with Gasteiger partial charge in [0, 0.05) is 23.3 Å². The number of ether oxygens (including phenoxy) is 1. The molecule has 0 heterocycles. The van der Waals surface area contributed by atoms with Gasteiger partial charge in [0.1, 0.15) is 15.6 Å². The predicted octanol–water partition coefficient (Wildman–Crippen LogP) is 2.30. The second-order valence-electron chi connectivity index (χ2n) is 3.76. The second-order valence-corrected chi connectivity index (χ2v) is 6.87. The molecule has 0 aromatic heterocycles. The molecule has 1 N–H and O–H groups in total. The Bertz CT molecular complexity index is 474. The maximum atomic E-state index is 11.0. The first-order valence-corrected chi connectivity index (χ1v) is 8.03. The Morgan fingerprint density at radius 3 is 2.71 bits per heavy atom. The number of sulfone groups is 1. The van der Waals surface area contributed by atoms with E-state index < -0.39 is 9.84 Å². The number of hydrogen-bond acceptors (Lipinski definition) is 4. The summed E-state index contributed by atoms with van der Waals surface area (Å²) in [5.41, 5.74) is 0.901. The average Bonchev–Trinajstić information content (AvgIpc) is 2.25. The Labute approximate surface area is 110 Å². The molecule has 0 saturated carbocycles. The summed E-state index contributed by atoms with van der Waals surface area (Å²) < 4.78 is 27.9. The van der Waals surface area contributed by atoms with E-state index in [0.717, 1.165) is 15.9 Å². The fourth-order valence-corrected chi connectivity index (χ4v) is 2.38. The molecule has 0 bridgehead atoms. The van der Waals surface area contributed by atoms with Crippen molar-refractivity contribution in [3.8, 4) is 5.75 Å². The smallest absolute Gasteiger partial charge is 0.147 e. The molecule has 0 aliphatic carbocycles. The molecule has 0 aliphatic heterocycles. The Kier molecular flexibility index (Phi) is 5.27. The van der Waals surface area contributed by atoms with E-state index in [1.807, 2.05) is 18.2 Å². The van der Waals surface area contributed by atoms with Crippen LogP contribution in [-0.2, 0) is 9.84 Å². The molecular weight excluding hydrogens is 306 g/mol. The highest BCUT2D eigenvalue weighted by Crippen LogP contribution is 2.26. The normalized spacial score (nSPS) is 11.2. The molecule has 0 radical (unpaired) electrons. The number of methoxy groups -OCH3 is 1. The van der Waals surface area contributed by atoms with Crippen LogP contribution in [0.15, 0.2) is 22.7 Å². The highest BCUT2D eigenvalue weighted by molar-refractivity contribution is 9.10. The van der Waals surface area contributed by atoms with Crippen molar-refractivity contribution in [3.05, 3.63) is 22.7 Å². The van der Waals surface area contributed by atoms with Gasteiger partial charge in [0.15, 0.2) is 0 Å². The predicted molar refractivity (Wildman–Crippen MR) is 73.5 cm³/mol. The average molecular weight is 322 g/mol. The minimum Gasteiger partial charge on any atom is -0.497 e. The third-order valence-electron chi connectivity index (χ3n) is 2.18. The van der Waals surface area contributed by atoms with E-state index in [1.54, 1.807) is 7.11 Å². The van der Waals surface area contributed by atoms with Crippen molar-refractivity contribution in [1.82, 2.24) is 0 Å². The van der Waals surface area contributed by atoms with Gasteiger partial charge in [-0.25, -0.2) is 8.42 Å². The van der Waals surface area contributed by atoms with Gasteiger partial charge in [-0.3, -0.25) is 0 Å². The van der Waals surface area contributed by atoms with E-state index in [-0.39, 0.29) is 5.75 Å². The summed E-state index contributed by atoms with van der Waals surface area (Å²) in [7, 11) is -1.27. The maximum Gasteiger partial charge on any atom is 0.147 e. The minimum atomic E-state index is -2.88. The van der Waals surface area contributed by atoms with Crippen molar-refractivity contribution in [2.45, 2.75) is 6.42 Å². The van der Waals surface area contributed by atoms with Crippen molar-refractivity contribution in [3.63, 3.8) is 0 Å². The van der Waals surface area contributed by atoms with Gasteiger partial charge >= 0.3 is 0 Å². The molecule has 6 heteroatoms. The lowest BCUT2D eigenvalue weighted by molar-refractivity contribution is 0.415. The van der Waals surface area contributed by atoms with Gasteiger partial charge in [-0.2, -0.15) is 0 Å². The highest BCUT2D eigenvalue weighted by Gasteiger charge is 2.03. The molecule has 1 rings (SSSR count). The quantitative estimate of drug-likeness (QED) is 0.817. The van der Waals surface area contributed by atoms with Crippen molar-refractivity contribution in [2.24, 2.45) is 0 Å². The van der Waals surface area contributed by atoms with E-state index in [4.69, 9.17) is 4.74 Å². The fourth-order valence-electron chi connectivity index (χ4n) is 1.32. The van der Waals surface area contributed by atoms with Crippen LogP contribution in [0.25, 0.3) is 0 Å². The van der Waals surface area contributed by atoms with E-state index in [2.05, 4.69) is 21.2 Å². The van der Waals surface area contributed by atoms with Crippen molar-refractivity contribution in [2.75, 3.05) is 31.0 Å². The van der Waals surface area contributed by atoms with Crippen LogP contribution in [0.2, 0.25) is 0 Å². The SMILES string of the molecule is COc1ccc(Br)c(NCCCS(C)(=O)=O)c1. The second kappa shape index (κ2) is 6.26. The van der Waals surface area contributed by atoms with Gasteiger partial charge in [-0.15, -0.1) is 0 Å². The number of benzene rings is 1. The largest absolute Gasteiger partial charge is 0.497 e. The summed E-state index contributed by atoms with van der Waals surface area (Å²) in [5, 5.41) is 3.17. The fraction of sp³-hybridized carbons (Fsp3) is 0.455. The molecule has 0 aliphatic rings. The zero-order valence-electron chi connectivity index (χ0n) is 9.86. The highest BCUT2D eigenvalue weighted by atomic mass is 79.9. The van der Waals surface area contributed by atoms with E-state index >= 15 is 0 Å². The molecule has 0 unspecified atom stereocenters. The third-order valence-corrected chi connectivity index (χ3v) is 3.90. The van der Waals surface area contributed by atoms with Crippen LogP contribution in [0.3, 0.4) is 0 Å². The topological polar surface area (TPSA) is 55.4 Å². The minimum absolute atomic E-state index is 0.196. The van der Waals surface area contributed by atoms with Crippen LogP contribution >= 0.6 is 15.9 Å². The Hall–Kier alpha value is -0.750. The van der Waals surface area contributed by atoms with Crippen molar-refractivity contribution in [1.29, 1.82) is 0 Å². The molecule has 96 valence electrons. The summed E-state index contributed by atoms with van der Waals surface area (Å²) in [5.74, 6) is 0.959. The summed E-state index contributed by atoms with van der Waals surface area (Å²) in [6, 6.07) is 5.61. The molecule has 1 aromatic carbocycles. The summed E-state index contributed by atoms with van der Waals surface area (Å²) >= 11 is 3.41. The van der Waals surface area contributed by atoms with E-state index in [0.29, 0.717) is 13.0 Å². The van der Waals surface area contributed by atoms with Gasteiger partial charge < -0.3 is 10.1 Å². The first-order valence-electron chi connectivity index (χ1n) is 5.17. The lowest BCUT2D eigenvalue weighted by Crippen LogP contribution is -2.10. The van der Waals surface area contributed by atoms with Crippen molar-refractivity contribution < 1.29 is 13.2 Å². The molecule has 4 nitrogen and oxygen atoms in total. The lowest BCUT2D eigenvalue weighted by atomic mass is 10.3. The van der Waals surface area contributed by atoms with Crippen LogP contribution < -0.4 is 10.1 Å². The Morgan fingerprint density at radius 2 is 2.12 bits per heavy atom. The lowest BCUT2D eigenvalue weighted by Gasteiger charge is -2.09. The zero-order chi connectivity index (χ0) is 12.9. The molecule has 0 atom stereocenters. The molecule has 0 spiro atoms. The summed E-state index contributed by atoms with van der Waals surface area (Å²) in [4.78, 5) is 0. The third kappa shape index (κ3) is 5.41. The van der Waals surface area contributed by atoms with Crippen LogP contribution in [0.1, 0.15) is 6.42 Å². The first-order chi connectivity index (χ1) is 7.92. The van der Waals surface area contributed by atoms with Crippen LogP contribution in [0.5, 0.6) is 5.75 Å². The van der Waals surface area contributed by atoms with Gasteiger partial charge in [-0.05, 0) is 34.5 Å². The number of nitrogens with one attached hydrogen (secondary N) is 1. The summed E-state index contributed by atoms with van der Waals surface area (Å²) in [6.45, 7) is 0.610. The van der Waals surface area contributed by atoms with Gasteiger partial charge in [0.2, 0.25) is 0 Å². The first kappa shape index (κ1) is 14.3. The van der Waals surface area contributed by atoms with E-state index in [1.165, 1.54) is 6.26 Å². The zero-order valence-corrected chi connectivity index (χ0v) is 12.3. The standard InChI is InChI=1S/C11H16BrNO3S/c1-16-9-4-5-10(12)11(8-9)13-6-3-7-17(2,14)15/h4-5,8,13H,3,6-7H2,1-2H3. The summed E-state index contributed by atoms with van der Waals surface area (Å²) in [6.07, 6.45) is 1.83. The van der Waals surface area contributed by atoms with Crippen molar-refractivity contribution >= 4 is 31.5 Å². The monoisotopic (exact) mass is 321 g/mol. The molecule has 0 saturated heterocycles. The molecule has 1 aromatic rings. The van der Waals surface area contributed by atoms with E-state index in [9.17, 15) is 8.42 Å². The molecule has 17 heavy (non-hydrogen) atoms. The maximum absolute atomic E-state index is 11.0. The Balaban J connectivity index is 2.51. The van der Waals surface area contributed by atoms with Gasteiger partial charge in [0.25, 0.3) is 0 Å². The van der Waals surface area contributed by atoms with Crippen LogP contribution in [0.4, 0.5) is 5.69 Å². The van der Waals surface area contributed by atoms with Crippen LogP contribution in [-0.4, -0.2) is 34.1 Å². The number of hydrogen-bond donors (Lipinski definition) is 1. The molecule has 0 fully saturated rings. The number of halogens is 1.